The highest BCUT2D eigenvalue weighted by Crippen LogP contribution is 2.33. The maximum Gasteiger partial charge on any atom is 0.258 e. The van der Waals surface area contributed by atoms with Crippen molar-refractivity contribution in [3.05, 3.63) is 59.7 Å². The zero-order chi connectivity index (χ0) is 18.2. The highest BCUT2D eigenvalue weighted by Gasteiger charge is 2.31. The predicted octanol–water partition coefficient (Wildman–Crippen LogP) is 2.96. The number of amides is 1. The average Bonchev–Trinajstić information content (AvgIpc) is 2.89. The van der Waals surface area contributed by atoms with E-state index in [1.165, 1.54) is 12.1 Å². The molecule has 1 aliphatic rings. The molecule has 2 aromatic carbocycles. The molecule has 0 bridgehead atoms. The number of nitrogens with one attached hydrogen (secondary N) is 1. The summed E-state index contributed by atoms with van der Waals surface area (Å²) in [6, 6.07) is 13.9. The molecule has 3 rings (SSSR count). The van der Waals surface area contributed by atoms with Gasteiger partial charge in [0.05, 0.1) is 4.90 Å². The number of hydrogen-bond acceptors (Lipinski definition) is 3. The minimum atomic E-state index is -3.63. The molecule has 132 valence electrons. The van der Waals surface area contributed by atoms with E-state index in [1.54, 1.807) is 30.9 Å². The first kappa shape index (κ1) is 17.6. The monoisotopic (exact) mass is 358 g/mol. The molecule has 5 nitrogen and oxygen atoms in total. The first-order chi connectivity index (χ1) is 11.8. The average molecular weight is 358 g/mol. The smallest absolute Gasteiger partial charge is 0.258 e. The maximum atomic E-state index is 13.0. The highest BCUT2D eigenvalue weighted by atomic mass is 32.2. The number of hydrogen-bond donors (Lipinski definition) is 1. The number of benzene rings is 2. The van der Waals surface area contributed by atoms with Crippen molar-refractivity contribution < 1.29 is 13.2 Å². The lowest BCUT2D eigenvalue weighted by atomic mass is 10.1. The van der Waals surface area contributed by atoms with Crippen LogP contribution in [0.1, 0.15) is 36.7 Å². The second-order valence-corrected chi connectivity index (χ2v) is 8.37. The van der Waals surface area contributed by atoms with Crippen LogP contribution < -0.4 is 9.62 Å². The van der Waals surface area contributed by atoms with Gasteiger partial charge in [-0.25, -0.2) is 13.1 Å². The molecule has 2 aromatic rings. The van der Waals surface area contributed by atoms with Crippen LogP contribution in [0.3, 0.4) is 0 Å². The van der Waals surface area contributed by atoms with Crippen molar-refractivity contribution in [2.45, 2.75) is 44.2 Å². The molecule has 6 heteroatoms. The predicted molar refractivity (Wildman–Crippen MR) is 98.3 cm³/mol. The van der Waals surface area contributed by atoms with Crippen molar-refractivity contribution in [1.82, 2.24) is 4.72 Å². The lowest BCUT2D eigenvalue weighted by Crippen LogP contribution is -2.36. The molecule has 0 saturated carbocycles. The van der Waals surface area contributed by atoms with Gasteiger partial charge in [-0.3, -0.25) is 4.79 Å². The number of carbonyl (C=O) groups excluding carboxylic acids is 1. The third-order valence-corrected chi connectivity index (χ3v) is 5.86. The Balaban J connectivity index is 1.95. The van der Waals surface area contributed by atoms with Crippen LogP contribution in [-0.2, 0) is 16.4 Å². The van der Waals surface area contributed by atoms with Crippen molar-refractivity contribution in [3.8, 4) is 0 Å². The molecule has 0 aliphatic carbocycles. The number of nitrogens with zero attached hydrogens (tertiary/aromatic N) is 1. The van der Waals surface area contributed by atoms with Crippen LogP contribution in [0.25, 0.3) is 0 Å². The molecule has 0 saturated heterocycles. The van der Waals surface area contributed by atoms with Crippen molar-refractivity contribution >= 4 is 21.6 Å². The molecule has 1 aliphatic heterocycles. The highest BCUT2D eigenvalue weighted by molar-refractivity contribution is 7.89. The molecule has 0 radical (unpaired) electrons. The van der Waals surface area contributed by atoms with Crippen molar-refractivity contribution in [2.24, 2.45) is 0 Å². The van der Waals surface area contributed by atoms with Crippen LogP contribution in [-0.4, -0.2) is 26.4 Å². The molecular formula is C19H22N2O3S. The van der Waals surface area contributed by atoms with Crippen LogP contribution in [0.15, 0.2) is 53.4 Å². The number of sulfonamides is 1. The van der Waals surface area contributed by atoms with E-state index in [4.69, 9.17) is 0 Å². The van der Waals surface area contributed by atoms with E-state index >= 15 is 0 Å². The van der Waals surface area contributed by atoms with Gasteiger partial charge in [0, 0.05) is 23.3 Å². The fraction of sp³-hybridized carbons (Fsp3) is 0.316. The fourth-order valence-corrected chi connectivity index (χ4v) is 4.49. The van der Waals surface area contributed by atoms with E-state index in [9.17, 15) is 13.2 Å². The Morgan fingerprint density at radius 1 is 1.16 bits per heavy atom. The Bertz CT molecular complexity index is 906. The van der Waals surface area contributed by atoms with Gasteiger partial charge >= 0.3 is 0 Å². The molecular weight excluding hydrogens is 336 g/mol. The molecule has 25 heavy (non-hydrogen) atoms. The lowest BCUT2D eigenvalue weighted by Gasteiger charge is -2.23. The number of rotatable bonds is 4. The summed E-state index contributed by atoms with van der Waals surface area (Å²) in [5.74, 6) is -0.181. The summed E-state index contributed by atoms with van der Waals surface area (Å²) in [4.78, 5) is 14.9. The van der Waals surface area contributed by atoms with E-state index in [0.717, 1.165) is 17.7 Å². The molecule has 1 N–H and O–H groups in total. The van der Waals surface area contributed by atoms with Crippen LogP contribution >= 0.6 is 0 Å². The first-order valence-corrected chi connectivity index (χ1v) is 9.82. The molecule has 0 fully saturated rings. The summed E-state index contributed by atoms with van der Waals surface area (Å²) >= 11 is 0. The summed E-state index contributed by atoms with van der Waals surface area (Å²) in [5, 5.41) is 0. The van der Waals surface area contributed by atoms with Crippen molar-refractivity contribution in [1.29, 1.82) is 0 Å². The summed E-state index contributed by atoms with van der Waals surface area (Å²) in [6.07, 6.45) is 0.800. The number of para-hydroxylation sites is 1. The Kier molecular flexibility index (Phi) is 4.67. The van der Waals surface area contributed by atoms with Crippen LogP contribution in [0.2, 0.25) is 0 Å². The molecule has 0 aromatic heterocycles. The standard InChI is InChI=1S/C19H22N2O3S/c1-13(2)20-25(23,24)17-9-6-8-16(12-17)19(22)21-14(3)11-15-7-4-5-10-18(15)21/h4-10,12-14,20H,11H2,1-3H3. The summed E-state index contributed by atoms with van der Waals surface area (Å²) in [7, 11) is -3.63. The zero-order valence-electron chi connectivity index (χ0n) is 14.6. The number of anilines is 1. The van der Waals surface area contributed by atoms with Gasteiger partial charge in [0.15, 0.2) is 0 Å². The van der Waals surface area contributed by atoms with Crippen LogP contribution in [0, 0.1) is 0 Å². The normalized spacial score (nSPS) is 17.0. The largest absolute Gasteiger partial charge is 0.305 e. The van der Waals surface area contributed by atoms with Gasteiger partial charge in [-0.2, -0.15) is 0 Å². The number of fused-ring (bicyclic) bond motifs is 1. The van der Waals surface area contributed by atoms with Crippen molar-refractivity contribution in [3.63, 3.8) is 0 Å². The van der Waals surface area contributed by atoms with E-state index in [2.05, 4.69) is 4.72 Å². The van der Waals surface area contributed by atoms with Gasteiger partial charge in [0.25, 0.3) is 5.91 Å². The van der Waals surface area contributed by atoms with Gasteiger partial charge in [-0.1, -0.05) is 24.3 Å². The van der Waals surface area contributed by atoms with E-state index in [-0.39, 0.29) is 22.9 Å². The van der Waals surface area contributed by atoms with Gasteiger partial charge < -0.3 is 4.90 Å². The Hall–Kier alpha value is -2.18. The zero-order valence-corrected chi connectivity index (χ0v) is 15.4. The second-order valence-electron chi connectivity index (χ2n) is 6.66. The molecule has 1 atom stereocenters. The van der Waals surface area contributed by atoms with E-state index < -0.39 is 10.0 Å². The topological polar surface area (TPSA) is 66.5 Å². The second kappa shape index (κ2) is 6.61. The summed E-state index contributed by atoms with van der Waals surface area (Å²) in [5.41, 5.74) is 2.40. The molecule has 1 heterocycles. The third kappa shape index (κ3) is 3.45. The molecule has 0 spiro atoms. The summed E-state index contributed by atoms with van der Waals surface area (Å²) < 4.78 is 27.3. The van der Waals surface area contributed by atoms with Crippen LogP contribution in [0.4, 0.5) is 5.69 Å². The SMILES string of the molecule is CC(C)NS(=O)(=O)c1cccc(C(=O)N2c3ccccc3CC2C)c1. The fourth-order valence-electron chi connectivity index (χ4n) is 3.19. The maximum absolute atomic E-state index is 13.0. The molecule has 1 unspecified atom stereocenters. The Morgan fingerprint density at radius 3 is 2.60 bits per heavy atom. The Labute approximate surface area is 148 Å². The summed E-state index contributed by atoms with van der Waals surface area (Å²) in [6.45, 7) is 5.52. The van der Waals surface area contributed by atoms with Gasteiger partial charge in [0.1, 0.15) is 0 Å². The lowest BCUT2D eigenvalue weighted by molar-refractivity contribution is 0.0981. The quantitative estimate of drug-likeness (QED) is 0.914. The van der Waals surface area contributed by atoms with E-state index in [1.807, 2.05) is 31.2 Å². The third-order valence-electron chi connectivity index (χ3n) is 4.21. The minimum Gasteiger partial charge on any atom is -0.305 e. The molecule has 1 amide bonds. The first-order valence-electron chi connectivity index (χ1n) is 8.33. The van der Waals surface area contributed by atoms with Crippen molar-refractivity contribution in [2.75, 3.05) is 4.90 Å². The minimum absolute atomic E-state index is 0.0407. The van der Waals surface area contributed by atoms with Gasteiger partial charge in [0.2, 0.25) is 10.0 Å². The van der Waals surface area contributed by atoms with Gasteiger partial charge in [-0.05, 0) is 57.0 Å². The number of carbonyl (C=O) groups is 1. The van der Waals surface area contributed by atoms with Gasteiger partial charge in [-0.15, -0.1) is 0 Å². The van der Waals surface area contributed by atoms with Crippen LogP contribution in [0.5, 0.6) is 0 Å². The van der Waals surface area contributed by atoms with E-state index in [0.29, 0.717) is 5.56 Å². The Morgan fingerprint density at radius 2 is 1.88 bits per heavy atom.